The summed E-state index contributed by atoms with van der Waals surface area (Å²) in [5.41, 5.74) is 0.396. The summed E-state index contributed by atoms with van der Waals surface area (Å²) in [5.74, 6) is -0.530. The van der Waals surface area contributed by atoms with Gasteiger partial charge < -0.3 is 15.5 Å². The number of amides is 4. The second-order valence-electron chi connectivity index (χ2n) is 7.83. The van der Waals surface area contributed by atoms with Crippen LogP contribution >= 0.6 is 0 Å². The number of nitrogens with one attached hydrogen (secondary N) is 2. The van der Waals surface area contributed by atoms with Crippen molar-refractivity contribution in [1.29, 1.82) is 0 Å². The van der Waals surface area contributed by atoms with Gasteiger partial charge in [-0.25, -0.2) is 9.69 Å². The Morgan fingerprint density at radius 1 is 1.21 bits per heavy atom. The first-order chi connectivity index (χ1) is 13.4. The first-order valence-electron chi connectivity index (χ1n) is 10.1. The molecule has 2 aliphatic rings. The maximum atomic E-state index is 12.7. The molecule has 1 aromatic rings. The van der Waals surface area contributed by atoms with Crippen LogP contribution in [0.4, 0.5) is 10.5 Å². The predicted octanol–water partition coefficient (Wildman–Crippen LogP) is 2.27. The van der Waals surface area contributed by atoms with Gasteiger partial charge in [-0.2, -0.15) is 0 Å². The number of imide groups is 1. The van der Waals surface area contributed by atoms with Crippen molar-refractivity contribution in [3.63, 3.8) is 0 Å². The molecule has 0 radical (unpaired) electrons. The molecule has 152 valence electrons. The zero-order chi connectivity index (χ0) is 20.1. The van der Waals surface area contributed by atoms with Gasteiger partial charge in [0.25, 0.3) is 5.91 Å². The van der Waals surface area contributed by atoms with E-state index in [1.807, 2.05) is 25.2 Å². The van der Waals surface area contributed by atoms with Crippen LogP contribution in [0.2, 0.25) is 0 Å². The fourth-order valence-electron chi connectivity index (χ4n) is 4.07. The minimum absolute atomic E-state index is 0.248. The first kappa shape index (κ1) is 20.2. The summed E-state index contributed by atoms with van der Waals surface area (Å²) in [6.07, 6.45) is 4.95. The van der Waals surface area contributed by atoms with Crippen molar-refractivity contribution in [3.05, 3.63) is 30.3 Å². The number of anilines is 1. The van der Waals surface area contributed by atoms with Crippen LogP contribution in [0.1, 0.15) is 45.4 Å². The Morgan fingerprint density at radius 3 is 2.57 bits per heavy atom. The number of carbonyl (C=O) groups is 3. The molecule has 3 rings (SSSR count). The Morgan fingerprint density at radius 2 is 1.89 bits per heavy atom. The fourth-order valence-corrected chi connectivity index (χ4v) is 4.07. The third kappa shape index (κ3) is 4.13. The number of para-hydroxylation sites is 1. The number of benzene rings is 1. The van der Waals surface area contributed by atoms with Crippen molar-refractivity contribution in [2.45, 2.75) is 57.0 Å². The van der Waals surface area contributed by atoms with Gasteiger partial charge in [-0.05, 0) is 44.7 Å². The quantitative estimate of drug-likeness (QED) is 0.530. The average molecular weight is 386 g/mol. The molecule has 2 fully saturated rings. The van der Waals surface area contributed by atoms with Gasteiger partial charge in [0, 0.05) is 25.8 Å². The highest BCUT2D eigenvalue weighted by atomic mass is 16.2. The van der Waals surface area contributed by atoms with Gasteiger partial charge in [-0.15, -0.1) is 0 Å². The van der Waals surface area contributed by atoms with E-state index >= 15 is 0 Å². The zero-order valence-corrected chi connectivity index (χ0v) is 16.7. The normalized spacial score (nSPS) is 19.0. The van der Waals surface area contributed by atoms with E-state index in [1.165, 1.54) is 5.69 Å². The number of hydrogen-bond acceptors (Lipinski definition) is 4. The van der Waals surface area contributed by atoms with E-state index in [-0.39, 0.29) is 11.8 Å². The number of rotatable bonds is 8. The van der Waals surface area contributed by atoms with Gasteiger partial charge in [-0.1, -0.05) is 31.0 Å². The van der Waals surface area contributed by atoms with Crippen molar-refractivity contribution < 1.29 is 14.4 Å². The van der Waals surface area contributed by atoms with Gasteiger partial charge in [-0.3, -0.25) is 9.59 Å². The second-order valence-corrected chi connectivity index (χ2v) is 7.83. The molecule has 1 saturated heterocycles. The van der Waals surface area contributed by atoms with E-state index in [4.69, 9.17) is 0 Å². The molecular formula is C21H30N4O3. The van der Waals surface area contributed by atoms with E-state index in [2.05, 4.69) is 27.7 Å². The van der Waals surface area contributed by atoms with Gasteiger partial charge in [0.05, 0.1) is 0 Å². The highest BCUT2D eigenvalue weighted by molar-refractivity contribution is 6.09. The van der Waals surface area contributed by atoms with Gasteiger partial charge in [0.15, 0.2) is 0 Å². The Hall–Kier alpha value is -2.57. The maximum absolute atomic E-state index is 12.7. The summed E-state index contributed by atoms with van der Waals surface area (Å²) >= 11 is 0. The fraction of sp³-hybridized carbons (Fsp3) is 0.571. The lowest BCUT2D eigenvalue weighted by Crippen LogP contribution is -2.50. The number of carbonyl (C=O) groups excluding carboxylic acids is 3. The molecule has 2 N–H and O–H groups in total. The van der Waals surface area contributed by atoms with Crippen LogP contribution in [0.25, 0.3) is 0 Å². The highest BCUT2D eigenvalue weighted by Crippen LogP contribution is 2.35. The summed E-state index contributed by atoms with van der Waals surface area (Å²) in [6, 6.07) is 8.92. The topological polar surface area (TPSA) is 81.8 Å². The van der Waals surface area contributed by atoms with Crippen LogP contribution in [-0.2, 0) is 9.59 Å². The molecule has 1 aromatic carbocycles. The van der Waals surface area contributed by atoms with E-state index in [0.717, 1.165) is 37.1 Å². The van der Waals surface area contributed by atoms with Gasteiger partial charge in [0.2, 0.25) is 5.91 Å². The first-order valence-corrected chi connectivity index (χ1v) is 10.1. The second kappa shape index (κ2) is 8.63. The highest BCUT2D eigenvalue weighted by Gasteiger charge is 2.54. The summed E-state index contributed by atoms with van der Waals surface area (Å²) in [7, 11) is 2.05. The van der Waals surface area contributed by atoms with Crippen molar-refractivity contribution in [2.24, 2.45) is 0 Å². The Labute approximate surface area is 166 Å². The molecule has 1 saturated carbocycles. The number of unbranched alkanes of at least 4 members (excludes halogenated alkanes) is 1. The van der Waals surface area contributed by atoms with Crippen molar-refractivity contribution in [3.8, 4) is 0 Å². The van der Waals surface area contributed by atoms with E-state index < -0.39 is 17.6 Å². The summed E-state index contributed by atoms with van der Waals surface area (Å²) < 4.78 is 0. The third-order valence-electron chi connectivity index (χ3n) is 5.83. The lowest BCUT2D eigenvalue weighted by molar-refractivity contribution is -0.137. The number of hydrogen-bond donors (Lipinski definition) is 2. The number of urea groups is 1. The van der Waals surface area contributed by atoms with E-state index in [9.17, 15) is 14.4 Å². The van der Waals surface area contributed by atoms with Crippen molar-refractivity contribution >= 4 is 23.5 Å². The molecule has 0 bridgehead atoms. The van der Waals surface area contributed by atoms with E-state index in [1.54, 1.807) is 6.92 Å². The lowest BCUT2D eigenvalue weighted by Gasteiger charge is -2.23. The Bertz CT molecular complexity index is 716. The summed E-state index contributed by atoms with van der Waals surface area (Å²) in [6.45, 7) is 3.04. The Balaban J connectivity index is 1.41. The molecule has 1 aliphatic heterocycles. The van der Waals surface area contributed by atoms with Gasteiger partial charge >= 0.3 is 6.03 Å². The molecular weight excluding hydrogens is 356 g/mol. The summed E-state index contributed by atoms with van der Waals surface area (Å²) in [5, 5.41) is 5.68. The lowest BCUT2D eigenvalue weighted by atomic mass is 9.97. The monoisotopic (exact) mass is 386 g/mol. The zero-order valence-electron chi connectivity index (χ0n) is 16.7. The number of nitrogens with zero attached hydrogens (tertiary/aromatic N) is 2. The van der Waals surface area contributed by atoms with Crippen LogP contribution in [0.3, 0.4) is 0 Å². The van der Waals surface area contributed by atoms with Crippen LogP contribution in [0, 0.1) is 0 Å². The van der Waals surface area contributed by atoms with Crippen molar-refractivity contribution in [2.75, 3.05) is 25.0 Å². The molecule has 7 heteroatoms. The largest absolute Gasteiger partial charge is 0.375 e. The molecule has 7 nitrogen and oxygen atoms in total. The van der Waals surface area contributed by atoms with Gasteiger partial charge in [0.1, 0.15) is 11.6 Å². The average Bonchev–Trinajstić information content (AvgIpc) is 3.26. The molecule has 28 heavy (non-hydrogen) atoms. The molecule has 0 aromatic heterocycles. The van der Waals surface area contributed by atoms with Crippen LogP contribution in [0.15, 0.2) is 30.3 Å². The SMILES string of the molecule is CC(C(=O)NCCCCN(C)c1ccccc1)N1C(=O)NC2(CCCC2)C1=O. The maximum Gasteiger partial charge on any atom is 0.325 e. The minimum atomic E-state index is -0.792. The standard InChI is InChI=1S/C21H30N4O3/c1-16(25-19(27)21(23-20(25)28)12-6-7-13-21)18(26)22-14-8-9-15-24(2)17-10-4-3-5-11-17/h3-5,10-11,16H,6-9,12-15H2,1-2H3,(H,22,26)(H,23,28). The Kier molecular flexibility index (Phi) is 6.21. The third-order valence-corrected chi connectivity index (χ3v) is 5.83. The summed E-state index contributed by atoms with van der Waals surface area (Å²) in [4.78, 5) is 40.7. The van der Waals surface area contributed by atoms with Crippen LogP contribution < -0.4 is 15.5 Å². The van der Waals surface area contributed by atoms with Crippen LogP contribution in [0.5, 0.6) is 0 Å². The molecule has 4 amide bonds. The molecule has 1 atom stereocenters. The molecule has 1 heterocycles. The predicted molar refractivity (Wildman–Crippen MR) is 108 cm³/mol. The molecule has 1 aliphatic carbocycles. The smallest absolute Gasteiger partial charge is 0.325 e. The molecule has 1 unspecified atom stereocenters. The minimum Gasteiger partial charge on any atom is -0.375 e. The van der Waals surface area contributed by atoms with Crippen LogP contribution in [-0.4, -0.2) is 54.5 Å². The molecule has 1 spiro atoms. The van der Waals surface area contributed by atoms with Crippen molar-refractivity contribution in [1.82, 2.24) is 15.5 Å². The van der Waals surface area contributed by atoms with E-state index in [0.29, 0.717) is 19.4 Å².